The van der Waals surface area contributed by atoms with Crippen LogP contribution in [0.4, 0.5) is 0 Å². The first-order valence-corrected chi connectivity index (χ1v) is 11.9. The molecule has 2 N–H and O–H groups in total. The number of aliphatic hydroxyl groups excluding tert-OH is 1. The zero-order chi connectivity index (χ0) is 25.9. The second kappa shape index (κ2) is 10.4. The molecule has 1 atom stereocenters. The van der Waals surface area contributed by atoms with Crippen molar-refractivity contribution in [3.05, 3.63) is 58.7 Å². The summed E-state index contributed by atoms with van der Waals surface area (Å²) in [6.07, 6.45) is 2.58. The van der Waals surface area contributed by atoms with Gasteiger partial charge in [-0.25, -0.2) is 0 Å². The summed E-state index contributed by atoms with van der Waals surface area (Å²) in [4.78, 5) is 27.8. The molecule has 1 unspecified atom stereocenters. The maximum Gasteiger partial charge on any atom is 0.295 e. The highest BCUT2D eigenvalue weighted by Crippen LogP contribution is 2.43. The number of ketones is 1. The summed E-state index contributed by atoms with van der Waals surface area (Å²) in [5.41, 5.74) is 1.52. The van der Waals surface area contributed by atoms with Crippen LogP contribution in [-0.2, 0) is 15.0 Å². The largest absolute Gasteiger partial charge is 0.507 e. The lowest BCUT2D eigenvalue weighted by Crippen LogP contribution is -2.30. The molecule has 1 amide bonds. The monoisotopic (exact) mass is 481 g/mol. The third-order valence-corrected chi connectivity index (χ3v) is 6.34. The highest BCUT2D eigenvalue weighted by atomic mass is 16.5. The number of phenols is 1. The molecule has 0 radical (unpaired) electrons. The number of unbranched alkanes of at least 4 members (excludes halogenated alkanes) is 2. The molecule has 7 heteroatoms. The Kier molecular flexibility index (Phi) is 7.78. The number of carbonyl (C=O) groups excluding carboxylic acids is 2. The first-order chi connectivity index (χ1) is 16.5. The highest BCUT2D eigenvalue weighted by Gasteiger charge is 2.46. The lowest BCUT2D eigenvalue weighted by atomic mass is 9.84. The average molecular weight is 482 g/mol. The fourth-order valence-electron chi connectivity index (χ4n) is 4.46. The molecule has 1 heterocycles. The van der Waals surface area contributed by atoms with Gasteiger partial charge in [-0.2, -0.15) is 0 Å². The summed E-state index contributed by atoms with van der Waals surface area (Å²) in [6, 6.07) is 9.15. The highest BCUT2D eigenvalue weighted by molar-refractivity contribution is 6.46. The van der Waals surface area contributed by atoms with E-state index >= 15 is 0 Å². The fourth-order valence-corrected chi connectivity index (χ4v) is 4.46. The molecule has 1 fully saturated rings. The average Bonchev–Trinajstić information content (AvgIpc) is 3.07. The van der Waals surface area contributed by atoms with Crippen LogP contribution in [0.1, 0.15) is 69.7 Å². The Morgan fingerprint density at radius 3 is 2.23 bits per heavy atom. The van der Waals surface area contributed by atoms with Gasteiger partial charge in [0.2, 0.25) is 0 Å². The van der Waals surface area contributed by atoms with Crippen molar-refractivity contribution >= 4 is 17.4 Å². The van der Waals surface area contributed by atoms with Crippen LogP contribution < -0.4 is 9.47 Å². The Morgan fingerprint density at radius 2 is 1.66 bits per heavy atom. The van der Waals surface area contributed by atoms with Crippen LogP contribution in [0, 0.1) is 0 Å². The number of ether oxygens (including phenoxy) is 2. The van der Waals surface area contributed by atoms with E-state index in [1.165, 1.54) is 18.1 Å². The first kappa shape index (κ1) is 26.1. The van der Waals surface area contributed by atoms with Crippen molar-refractivity contribution in [2.45, 2.75) is 58.4 Å². The molecule has 0 aromatic heterocycles. The van der Waals surface area contributed by atoms with E-state index in [4.69, 9.17) is 9.47 Å². The number of aliphatic hydroxyl groups is 1. The van der Waals surface area contributed by atoms with E-state index in [0.29, 0.717) is 23.4 Å². The number of nitrogens with zero attached hydrogens (tertiary/aromatic N) is 1. The number of aromatic hydroxyl groups is 1. The Hall–Kier alpha value is -3.48. The van der Waals surface area contributed by atoms with Crippen LogP contribution in [0.25, 0.3) is 5.76 Å². The molecule has 1 saturated heterocycles. The number of rotatable bonds is 8. The van der Waals surface area contributed by atoms with Crippen LogP contribution in [0.15, 0.2) is 42.0 Å². The van der Waals surface area contributed by atoms with Gasteiger partial charge in [0.05, 0.1) is 25.8 Å². The molecular formula is C28H35NO6. The lowest BCUT2D eigenvalue weighted by Gasteiger charge is -2.26. The number of phenolic OH excluding ortho intramolecular Hbond substituents is 1. The van der Waals surface area contributed by atoms with Gasteiger partial charge in [-0.1, -0.05) is 46.6 Å². The lowest BCUT2D eigenvalue weighted by molar-refractivity contribution is -0.139. The van der Waals surface area contributed by atoms with Gasteiger partial charge in [0, 0.05) is 17.7 Å². The zero-order valence-electron chi connectivity index (χ0n) is 21.3. The van der Waals surface area contributed by atoms with Gasteiger partial charge in [-0.05, 0) is 47.7 Å². The van der Waals surface area contributed by atoms with Crippen molar-refractivity contribution in [2.75, 3.05) is 20.8 Å². The molecule has 0 saturated carbocycles. The molecule has 1 aliphatic rings. The van der Waals surface area contributed by atoms with Crippen molar-refractivity contribution in [3.8, 4) is 17.2 Å². The molecule has 0 spiro atoms. The minimum absolute atomic E-state index is 0.00101. The van der Waals surface area contributed by atoms with E-state index in [2.05, 4.69) is 6.92 Å². The summed E-state index contributed by atoms with van der Waals surface area (Å²) < 4.78 is 10.7. The van der Waals surface area contributed by atoms with Gasteiger partial charge < -0.3 is 24.6 Å². The number of Topliss-reactive ketones (excluding diaryl/α,β-unsaturated/α-hetero) is 1. The minimum Gasteiger partial charge on any atom is -0.507 e. The molecule has 0 bridgehead atoms. The fraction of sp³-hybridized carbons (Fsp3) is 0.429. The van der Waals surface area contributed by atoms with Crippen LogP contribution in [0.3, 0.4) is 0 Å². The Bertz CT molecular complexity index is 1140. The summed E-state index contributed by atoms with van der Waals surface area (Å²) in [7, 11) is 3.03. The normalized spacial score (nSPS) is 17.7. The third kappa shape index (κ3) is 5.14. The number of likely N-dealkylation sites (tertiary alicyclic amines) is 1. The number of benzene rings is 2. The molecule has 0 aliphatic carbocycles. The third-order valence-electron chi connectivity index (χ3n) is 6.34. The van der Waals surface area contributed by atoms with Crippen molar-refractivity contribution in [2.24, 2.45) is 0 Å². The second-order valence-electron chi connectivity index (χ2n) is 9.80. The molecular weight excluding hydrogens is 446 g/mol. The van der Waals surface area contributed by atoms with Gasteiger partial charge in [0.15, 0.2) is 11.5 Å². The van der Waals surface area contributed by atoms with Gasteiger partial charge in [-0.15, -0.1) is 0 Å². The van der Waals surface area contributed by atoms with E-state index in [1.807, 2.05) is 20.8 Å². The topological polar surface area (TPSA) is 96.3 Å². The smallest absolute Gasteiger partial charge is 0.295 e. The van der Waals surface area contributed by atoms with Crippen molar-refractivity contribution in [3.63, 3.8) is 0 Å². The second-order valence-corrected chi connectivity index (χ2v) is 9.80. The molecule has 3 rings (SSSR count). The predicted octanol–water partition coefficient (Wildman–Crippen LogP) is 5.32. The summed E-state index contributed by atoms with van der Waals surface area (Å²) in [5, 5.41) is 21.8. The zero-order valence-corrected chi connectivity index (χ0v) is 21.3. The van der Waals surface area contributed by atoms with E-state index in [1.54, 1.807) is 37.4 Å². The van der Waals surface area contributed by atoms with Crippen LogP contribution in [-0.4, -0.2) is 47.6 Å². The SMILES string of the molecule is CCCCCN1C(=O)C(=O)/C(=C(\O)c2ccc(OC)c(C(C)(C)C)c2)C1c1ccc(OC)c(O)c1. The van der Waals surface area contributed by atoms with Gasteiger partial charge >= 0.3 is 0 Å². The molecule has 35 heavy (non-hydrogen) atoms. The van der Waals surface area contributed by atoms with Gasteiger partial charge in [-0.3, -0.25) is 9.59 Å². The van der Waals surface area contributed by atoms with Gasteiger partial charge in [0.1, 0.15) is 11.5 Å². The maximum atomic E-state index is 13.2. The summed E-state index contributed by atoms with van der Waals surface area (Å²) in [6.45, 7) is 8.51. The molecule has 1 aliphatic heterocycles. The van der Waals surface area contributed by atoms with E-state index in [9.17, 15) is 19.8 Å². The van der Waals surface area contributed by atoms with Crippen LogP contribution >= 0.6 is 0 Å². The molecule has 2 aromatic carbocycles. The standard InChI is InChI=1S/C28H35NO6/c1-7-8-9-14-29-24(17-10-13-22(35-6)20(30)16-17)23(26(32)27(29)33)25(31)18-11-12-21(34-5)19(15-18)28(2,3)4/h10-13,15-16,24,30-31H,7-9,14H2,1-6H3/b25-23-. The van der Waals surface area contributed by atoms with Crippen LogP contribution in [0.5, 0.6) is 17.2 Å². The van der Waals surface area contributed by atoms with E-state index in [0.717, 1.165) is 24.8 Å². The minimum atomic E-state index is -0.830. The van der Waals surface area contributed by atoms with E-state index in [-0.39, 0.29) is 28.2 Å². The predicted molar refractivity (Wildman–Crippen MR) is 135 cm³/mol. The van der Waals surface area contributed by atoms with Crippen molar-refractivity contribution in [1.29, 1.82) is 0 Å². The summed E-state index contributed by atoms with van der Waals surface area (Å²) in [5.74, 6) is -0.814. The van der Waals surface area contributed by atoms with Crippen LogP contribution in [0.2, 0.25) is 0 Å². The molecule has 188 valence electrons. The number of carbonyl (C=O) groups is 2. The number of hydrogen-bond acceptors (Lipinski definition) is 6. The Balaban J connectivity index is 2.21. The molecule has 7 nitrogen and oxygen atoms in total. The first-order valence-electron chi connectivity index (χ1n) is 11.9. The summed E-state index contributed by atoms with van der Waals surface area (Å²) >= 11 is 0. The number of methoxy groups -OCH3 is 2. The van der Waals surface area contributed by atoms with Crippen molar-refractivity contribution in [1.82, 2.24) is 4.90 Å². The van der Waals surface area contributed by atoms with Crippen molar-refractivity contribution < 1.29 is 29.3 Å². The Labute approximate surface area is 207 Å². The molecule has 2 aromatic rings. The Morgan fingerprint density at radius 1 is 1.00 bits per heavy atom. The quantitative estimate of drug-likeness (QED) is 0.229. The van der Waals surface area contributed by atoms with E-state index < -0.39 is 17.7 Å². The maximum absolute atomic E-state index is 13.2. The van der Waals surface area contributed by atoms with Gasteiger partial charge in [0.25, 0.3) is 11.7 Å². The number of amides is 1. The number of hydrogen-bond donors (Lipinski definition) is 2.